The highest BCUT2D eigenvalue weighted by atomic mass is 16.5. The Labute approximate surface area is 110 Å². The van der Waals surface area contributed by atoms with Crippen molar-refractivity contribution in [1.29, 1.82) is 0 Å². The number of phenolic OH excluding ortho intramolecular Hbond substituents is 1. The van der Waals surface area contributed by atoms with E-state index < -0.39 is 0 Å². The SMILES string of the molecule is CCOc1cc(C[NH+](C)CC[NH+](C)C)ccc1O. The van der Waals surface area contributed by atoms with Crippen molar-refractivity contribution in [2.45, 2.75) is 13.5 Å². The van der Waals surface area contributed by atoms with Gasteiger partial charge in [0.05, 0.1) is 27.7 Å². The van der Waals surface area contributed by atoms with E-state index in [2.05, 4.69) is 21.1 Å². The number of aromatic hydroxyl groups is 1. The highest BCUT2D eigenvalue weighted by Crippen LogP contribution is 2.26. The molecule has 18 heavy (non-hydrogen) atoms. The van der Waals surface area contributed by atoms with Crippen LogP contribution >= 0.6 is 0 Å². The van der Waals surface area contributed by atoms with E-state index in [-0.39, 0.29) is 5.75 Å². The fraction of sp³-hybridized carbons (Fsp3) is 0.571. The largest absolute Gasteiger partial charge is 0.504 e. The summed E-state index contributed by atoms with van der Waals surface area (Å²) >= 11 is 0. The van der Waals surface area contributed by atoms with Crippen molar-refractivity contribution in [2.24, 2.45) is 0 Å². The summed E-state index contributed by atoms with van der Waals surface area (Å²) in [6, 6.07) is 5.61. The zero-order valence-electron chi connectivity index (χ0n) is 11.9. The Balaban J connectivity index is 2.58. The minimum atomic E-state index is 0.219. The fourth-order valence-corrected chi connectivity index (χ4v) is 1.84. The number of ether oxygens (including phenoxy) is 1. The van der Waals surface area contributed by atoms with Crippen LogP contribution in [0.5, 0.6) is 11.5 Å². The lowest BCUT2D eigenvalue weighted by atomic mass is 10.2. The van der Waals surface area contributed by atoms with Gasteiger partial charge in [-0.1, -0.05) is 0 Å². The third-order valence-electron chi connectivity index (χ3n) is 2.88. The van der Waals surface area contributed by atoms with E-state index in [1.807, 2.05) is 19.1 Å². The highest BCUT2D eigenvalue weighted by molar-refractivity contribution is 5.41. The maximum absolute atomic E-state index is 9.64. The number of hydrogen-bond acceptors (Lipinski definition) is 2. The second-order valence-corrected chi connectivity index (χ2v) is 5.08. The molecule has 0 fully saturated rings. The van der Waals surface area contributed by atoms with Gasteiger partial charge in [0.25, 0.3) is 0 Å². The standard InChI is InChI=1S/C14H24N2O2/c1-5-18-14-10-12(6-7-13(14)17)11-16(4)9-8-15(2)3/h6-7,10,17H,5,8-9,11H2,1-4H3/p+2. The molecule has 0 heterocycles. The van der Waals surface area contributed by atoms with Gasteiger partial charge >= 0.3 is 0 Å². The number of rotatable bonds is 7. The van der Waals surface area contributed by atoms with Crippen molar-refractivity contribution in [2.75, 3.05) is 40.8 Å². The molecule has 1 aromatic carbocycles. The lowest BCUT2D eigenvalue weighted by molar-refractivity contribution is -0.937. The molecule has 0 aliphatic rings. The van der Waals surface area contributed by atoms with E-state index in [0.717, 1.165) is 19.6 Å². The van der Waals surface area contributed by atoms with E-state index in [1.165, 1.54) is 15.4 Å². The molecule has 4 nitrogen and oxygen atoms in total. The number of likely N-dealkylation sites (N-methyl/N-ethyl adjacent to an activating group) is 2. The lowest BCUT2D eigenvalue weighted by Crippen LogP contribution is -3.15. The number of benzene rings is 1. The molecule has 1 rings (SSSR count). The van der Waals surface area contributed by atoms with Crippen LogP contribution in [-0.2, 0) is 6.54 Å². The molecule has 0 spiro atoms. The predicted octanol–water partition coefficient (Wildman–Crippen LogP) is -1.05. The quantitative estimate of drug-likeness (QED) is 0.581. The molecule has 1 atom stereocenters. The van der Waals surface area contributed by atoms with Gasteiger partial charge in [-0.3, -0.25) is 0 Å². The van der Waals surface area contributed by atoms with Gasteiger partial charge in [0.15, 0.2) is 11.5 Å². The van der Waals surface area contributed by atoms with Crippen LogP contribution < -0.4 is 14.5 Å². The Kier molecular flexibility index (Phi) is 5.95. The first kappa shape index (κ1) is 14.8. The normalized spacial score (nSPS) is 12.7. The van der Waals surface area contributed by atoms with Crippen LogP contribution in [0.25, 0.3) is 0 Å². The Morgan fingerprint density at radius 2 is 1.89 bits per heavy atom. The van der Waals surface area contributed by atoms with Gasteiger partial charge in [0, 0.05) is 5.56 Å². The fourth-order valence-electron chi connectivity index (χ4n) is 1.84. The predicted molar refractivity (Wildman–Crippen MR) is 72.4 cm³/mol. The van der Waals surface area contributed by atoms with Gasteiger partial charge in [0.2, 0.25) is 0 Å². The van der Waals surface area contributed by atoms with E-state index >= 15 is 0 Å². The first-order chi connectivity index (χ1) is 8.52. The first-order valence-corrected chi connectivity index (χ1v) is 6.58. The van der Waals surface area contributed by atoms with Gasteiger partial charge in [0.1, 0.15) is 19.6 Å². The molecule has 102 valence electrons. The molecule has 0 aliphatic heterocycles. The van der Waals surface area contributed by atoms with Gasteiger partial charge in [-0.2, -0.15) is 0 Å². The van der Waals surface area contributed by atoms with Crippen LogP contribution in [0.2, 0.25) is 0 Å². The molecule has 0 aromatic heterocycles. The Hall–Kier alpha value is -1.26. The smallest absolute Gasteiger partial charge is 0.161 e. The summed E-state index contributed by atoms with van der Waals surface area (Å²) in [5, 5.41) is 9.64. The molecule has 1 aromatic rings. The monoisotopic (exact) mass is 254 g/mol. The van der Waals surface area contributed by atoms with Crippen LogP contribution in [-0.4, -0.2) is 45.9 Å². The van der Waals surface area contributed by atoms with E-state index in [4.69, 9.17) is 4.74 Å². The second-order valence-electron chi connectivity index (χ2n) is 5.08. The van der Waals surface area contributed by atoms with E-state index in [0.29, 0.717) is 12.4 Å². The van der Waals surface area contributed by atoms with Crippen LogP contribution in [0.4, 0.5) is 0 Å². The molecule has 3 N–H and O–H groups in total. The summed E-state index contributed by atoms with van der Waals surface area (Å²) in [5.41, 5.74) is 1.20. The van der Waals surface area contributed by atoms with Crippen molar-refractivity contribution in [3.63, 3.8) is 0 Å². The van der Waals surface area contributed by atoms with Crippen LogP contribution in [0, 0.1) is 0 Å². The van der Waals surface area contributed by atoms with Gasteiger partial charge < -0.3 is 19.6 Å². The molecule has 1 unspecified atom stereocenters. The molecule has 0 saturated carbocycles. The van der Waals surface area contributed by atoms with E-state index in [9.17, 15) is 5.11 Å². The third kappa shape index (κ3) is 4.94. The highest BCUT2D eigenvalue weighted by Gasteiger charge is 2.09. The van der Waals surface area contributed by atoms with Crippen molar-refractivity contribution >= 4 is 0 Å². The van der Waals surface area contributed by atoms with E-state index in [1.54, 1.807) is 6.07 Å². The Bertz CT molecular complexity index is 367. The average molecular weight is 254 g/mol. The minimum absolute atomic E-state index is 0.219. The third-order valence-corrected chi connectivity index (χ3v) is 2.88. The molecule has 0 saturated heterocycles. The van der Waals surface area contributed by atoms with Crippen LogP contribution in [0.1, 0.15) is 12.5 Å². The molecule has 0 radical (unpaired) electrons. The average Bonchev–Trinajstić information content (AvgIpc) is 2.31. The molecular formula is C14H26N2O2+2. The number of nitrogens with one attached hydrogen (secondary N) is 2. The van der Waals surface area contributed by atoms with Crippen molar-refractivity contribution in [3.8, 4) is 11.5 Å². The van der Waals surface area contributed by atoms with Crippen molar-refractivity contribution < 1.29 is 19.6 Å². The Morgan fingerprint density at radius 1 is 1.17 bits per heavy atom. The molecule has 0 bridgehead atoms. The summed E-state index contributed by atoms with van der Waals surface area (Å²) in [6.45, 7) is 5.73. The van der Waals surface area contributed by atoms with Crippen molar-refractivity contribution in [3.05, 3.63) is 23.8 Å². The number of hydrogen-bond donors (Lipinski definition) is 3. The Morgan fingerprint density at radius 3 is 2.50 bits per heavy atom. The zero-order chi connectivity index (χ0) is 13.5. The molecule has 4 heteroatoms. The zero-order valence-corrected chi connectivity index (χ0v) is 11.9. The van der Waals surface area contributed by atoms with Gasteiger partial charge in [-0.05, 0) is 25.1 Å². The summed E-state index contributed by atoms with van der Waals surface area (Å²) in [4.78, 5) is 2.93. The summed E-state index contributed by atoms with van der Waals surface area (Å²) in [6.07, 6.45) is 0. The van der Waals surface area contributed by atoms with Crippen molar-refractivity contribution in [1.82, 2.24) is 0 Å². The molecular weight excluding hydrogens is 228 g/mol. The minimum Gasteiger partial charge on any atom is -0.504 e. The maximum Gasteiger partial charge on any atom is 0.161 e. The summed E-state index contributed by atoms with van der Waals surface area (Å²) in [5.74, 6) is 0.803. The molecule has 0 amide bonds. The topological polar surface area (TPSA) is 38.3 Å². The number of phenols is 1. The summed E-state index contributed by atoms with van der Waals surface area (Å²) in [7, 11) is 6.53. The van der Waals surface area contributed by atoms with Crippen LogP contribution in [0.3, 0.4) is 0 Å². The molecule has 0 aliphatic carbocycles. The van der Waals surface area contributed by atoms with Gasteiger partial charge in [-0.15, -0.1) is 0 Å². The lowest BCUT2D eigenvalue weighted by Gasteiger charge is -2.16. The van der Waals surface area contributed by atoms with Crippen LogP contribution in [0.15, 0.2) is 18.2 Å². The number of quaternary nitrogens is 2. The van der Waals surface area contributed by atoms with Gasteiger partial charge in [-0.25, -0.2) is 0 Å². The second kappa shape index (κ2) is 7.24. The maximum atomic E-state index is 9.64. The first-order valence-electron chi connectivity index (χ1n) is 6.58. The summed E-state index contributed by atoms with van der Waals surface area (Å²) < 4.78 is 5.39.